The topological polar surface area (TPSA) is 115 Å². The summed E-state index contributed by atoms with van der Waals surface area (Å²) in [4.78, 5) is 14.1. The average Bonchev–Trinajstić information content (AvgIpc) is 2.80. The van der Waals surface area contributed by atoms with Crippen molar-refractivity contribution in [3.8, 4) is 17.6 Å². The molecule has 0 aliphatic carbocycles. The van der Waals surface area contributed by atoms with Gasteiger partial charge in [0.25, 0.3) is 0 Å². The third-order valence-electron chi connectivity index (χ3n) is 5.41. The zero-order valence-electron chi connectivity index (χ0n) is 18.5. The number of piperidine rings is 1. The molecule has 176 valence electrons. The molecule has 9 heteroatoms. The van der Waals surface area contributed by atoms with Crippen molar-refractivity contribution in [3.05, 3.63) is 53.3 Å². The van der Waals surface area contributed by atoms with E-state index in [9.17, 15) is 15.0 Å². The van der Waals surface area contributed by atoms with Crippen LogP contribution in [0.3, 0.4) is 0 Å². The molecule has 1 aliphatic rings. The normalized spacial score (nSPS) is 17.1. The maximum Gasteiger partial charge on any atom is 0.330 e. The zero-order valence-corrected chi connectivity index (χ0v) is 18.5. The maximum absolute atomic E-state index is 15.5. The molecule has 0 spiro atoms. The summed E-state index contributed by atoms with van der Waals surface area (Å²) in [7, 11) is 0. The van der Waals surface area contributed by atoms with Gasteiger partial charge in [0.1, 0.15) is 11.9 Å². The van der Waals surface area contributed by atoms with Crippen molar-refractivity contribution in [3.63, 3.8) is 0 Å². The van der Waals surface area contributed by atoms with E-state index >= 15 is 4.39 Å². The van der Waals surface area contributed by atoms with Crippen LogP contribution in [0.4, 0.5) is 10.1 Å². The van der Waals surface area contributed by atoms with Crippen molar-refractivity contribution < 1.29 is 28.9 Å². The van der Waals surface area contributed by atoms with Gasteiger partial charge in [-0.2, -0.15) is 5.26 Å². The summed E-state index contributed by atoms with van der Waals surface area (Å²) < 4.78 is 27.1. The summed E-state index contributed by atoms with van der Waals surface area (Å²) in [5, 5.41) is 30.8. The van der Waals surface area contributed by atoms with Crippen LogP contribution in [0.5, 0.6) is 11.5 Å². The van der Waals surface area contributed by atoms with Crippen molar-refractivity contribution in [1.29, 1.82) is 5.26 Å². The number of benzene rings is 2. The zero-order chi connectivity index (χ0) is 23.8. The highest BCUT2D eigenvalue weighted by molar-refractivity contribution is 5.80. The second kappa shape index (κ2) is 11.5. The lowest BCUT2D eigenvalue weighted by atomic mass is 10.0. The summed E-state index contributed by atoms with van der Waals surface area (Å²) in [6.45, 7) is 4.03. The van der Waals surface area contributed by atoms with Crippen LogP contribution in [-0.2, 0) is 4.79 Å². The van der Waals surface area contributed by atoms with E-state index in [4.69, 9.17) is 14.7 Å². The fraction of sp³-hybridized carbons (Fsp3) is 0.417. The van der Waals surface area contributed by atoms with Crippen LogP contribution in [0.25, 0.3) is 0 Å². The van der Waals surface area contributed by atoms with E-state index in [2.05, 4.69) is 5.32 Å². The number of β-amino-alcohol motifs (C(OH)–C–C–N with tert-alkyl or cyclic N) is 1. The van der Waals surface area contributed by atoms with Gasteiger partial charge in [-0.3, -0.25) is 4.90 Å². The van der Waals surface area contributed by atoms with Crippen molar-refractivity contribution >= 4 is 11.7 Å². The number of carboxylic acids is 1. The Labute approximate surface area is 192 Å². The van der Waals surface area contributed by atoms with Crippen LogP contribution in [0.15, 0.2) is 36.4 Å². The first-order valence-corrected chi connectivity index (χ1v) is 10.9. The maximum atomic E-state index is 15.5. The lowest BCUT2D eigenvalue weighted by Crippen LogP contribution is -2.42. The van der Waals surface area contributed by atoms with Crippen LogP contribution in [0.1, 0.15) is 36.9 Å². The minimum Gasteiger partial charge on any atom is -0.494 e. The fourth-order valence-corrected chi connectivity index (χ4v) is 3.85. The summed E-state index contributed by atoms with van der Waals surface area (Å²) in [6, 6.07) is 9.61. The second-order valence-corrected chi connectivity index (χ2v) is 7.77. The predicted octanol–water partition coefficient (Wildman–Crippen LogP) is 3.17. The first kappa shape index (κ1) is 24.3. The molecule has 3 rings (SSSR count). The molecule has 3 N–H and O–H groups in total. The van der Waals surface area contributed by atoms with Crippen LogP contribution in [0.2, 0.25) is 0 Å². The standard InChI is InChI=1S/C24H28FN3O5/c1-2-32-19-12-20(23(24(30)31)27-17-7-5-16(14-26)6-8-17)22(25)21(13-19)33-18-4-3-9-28(15-18)10-11-29/h5-8,12-13,18,23,27,29H,2-4,9-11,15H2,1H3,(H,30,31). The van der Waals surface area contributed by atoms with Gasteiger partial charge in [0.05, 0.1) is 24.8 Å². The number of carbonyl (C=O) groups is 1. The molecule has 33 heavy (non-hydrogen) atoms. The Hall–Kier alpha value is -3.35. The number of aliphatic hydroxyl groups excluding tert-OH is 1. The number of halogens is 1. The molecule has 0 bridgehead atoms. The Bertz CT molecular complexity index is 991. The number of nitrogens with one attached hydrogen (secondary N) is 1. The predicted molar refractivity (Wildman–Crippen MR) is 120 cm³/mol. The number of carboxylic acid groups (broad SMARTS) is 1. The number of anilines is 1. The van der Waals surface area contributed by atoms with Gasteiger partial charge in [-0.05, 0) is 56.6 Å². The highest BCUT2D eigenvalue weighted by atomic mass is 19.1. The minimum atomic E-state index is -1.40. The molecule has 2 atom stereocenters. The van der Waals surface area contributed by atoms with E-state index in [0.717, 1.165) is 19.4 Å². The molecule has 0 saturated carbocycles. The molecule has 2 aromatic rings. The third-order valence-corrected chi connectivity index (χ3v) is 5.41. The largest absolute Gasteiger partial charge is 0.494 e. The molecule has 0 amide bonds. The van der Waals surface area contributed by atoms with E-state index in [1.165, 1.54) is 12.1 Å². The molecule has 8 nitrogen and oxygen atoms in total. The highest BCUT2D eigenvalue weighted by Crippen LogP contribution is 2.34. The molecular weight excluding hydrogens is 429 g/mol. The lowest BCUT2D eigenvalue weighted by Gasteiger charge is -2.32. The first-order valence-electron chi connectivity index (χ1n) is 10.9. The average molecular weight is 458 g/mol. The number of likely N-dealkylation sites (tertiary alicyclic amines) is 1. The fourth-order valence-electron chi connectivity index (χ4n) is 3.85. The van der Waals surface area contributed by atoms with E-state index in [0.29, 0.717) is 36.7 Å². The SMILES string of the molecule is CCOc1cc(OC2CCCN(CCO)C2)c(F)c(C(Nc2ccc(C#N)cc2)C(=O)O)c1. The Kier molecular flexibility index (Phi) is 8.46. The molecule has 0 radical (unpaired) electrons. The summed E-state index contributed by atoms with van der Waals surface area (Å²) in [5.41, 5.74) is 0.739. The lowest BCUT2D eigenvalue weighted by molar-refractivity contribution is -0.138. The van der Waals surface area contributed by atoms with Crippen LogP contribution < -0.4 is 14.8 Å². The molecule has 0 aromatic heterocycles. The number of nitrogens with zero attached hydrogens (tertiary/aromatic N) is 2. The van der Waals surface area contributed by atoms with Gasteiger partial charge in [0.15, 0.2) is 17.6 Å². The van der Waals surface area contributed by atoms with Crippen molar-refractivity contribution in [2.24, 2.45) is 0 Å². The third kappa shape index (κ3) is 6.34. The number of rotatable bonds is 10. The van der Waals surface area contributed by atoms with Crippen molar-refractivity contribution in [2.45, 2.75) is 31.9 Å². The van der Waals surface area contributed by atoms with E-state index in [1.807, 2.05) is 11.0 Å². The number of nitriles is 1. The molecule has 1 saturated heterocycles. The van der Waals surface area contributed by atoms with Crippen LogP contribution in [-0.4, -0.2) is 60.0 Å². The number of aliphatic carboxylic acids is 1. The van der Waals surface area contributed by atoms with Gasteiger partial charge in [0, 0.05) is 30.4 Å². The summed E-state index contributed by atoms with van der Waals surface area (Å²) >= 11 is 0. The number of aliphatic hydroxyl groups is 1. The van der Waals surface area contributed by atoms with Gasteiger partial charge < -0.3 is 25.0 Å². The minimum absolute atomic E-state index is 0.0341. The van der Waals surface area contributed by atoms with E-state index in [-0.39, 0.29) is 24.0 Å². The Morgan fingerprint density at radius 1 is 1.36 bits per heavy atom. The quantitative estimate of drug-likeness (QED) is 0.498. The Balaban J connectivity index is 1.90. The van der Waals surface area contributed by atoms with E-state index < -0.39 is 17.8 Å². The highest BCUT2D eigenvalue weighted by Gasteiger charge is 2.29. The molecular formula is C24H28FN3O5. The molecule has 1 fully saturated rings. The van der Waals surface area contributed by atoms with Crippen molar-refractivity contribution in [2.75, 3.05) is 38.2 Å². The van der Waals surface area contributed by atoms with Crippen LogP contribution >= 0.6 is 0 Å². The van der Waals surface area contributed by atoms with Crippen molar-refractivity contribution in [1.82, 2.24) is 4.90 Å². The van der Waals surface area contributed by atoms with Gasteiger partial charge >= 0.3 is 5.97 Å². The van der Waals surface area contributed by atoms with Gasteiger partial charge in [-0.1, -0.05) is 0 Å². The second-order valence-electron chi connectivity index (χ2n) is 7.77. The molecule has 2 unspecified atom stereocenters. The van der Waals surface area contributed by atoms with Gasteiger partial charge in [-0.15, -0.1) is 0 Å². The summed E-state index contributed by atoms with van der Waals surface area (Å²) in [6.07, 6.45) is 1.28. The number of hydrogen-bond acceptors (Lipinski definition) is 7. The Morgan fingerprint density at radius 2 is 2.12 bits per heavy atom. The first-order chi connectivity index (χ1) is 15.9. The van der Waals surface area contributed by atoms with Crippen LogP contribution in [0, 0.1) is 17.1 Å². The molecule has 2 aromatic carbocycles. The molecule has 1 heterocycles. The number of ether oxygens (including phenoxy) is 2. The van der Waals surface area contributed by atoms with E-state index in [1.54, 1.807) is 31.2 Å². The van der Waals surface area contributed by atoms with Gasteiger partial charge in [0.2, 0.25) is 0 Å². The smallest absolute Gasteiger partial charge is 0.330 e. The number of hydrogen-bond donors (Lipinski definition) is 3. The summed E-state index contributed by atoms with van der Waals surface area (Å²) in [5.74, 6) is -1.81. The monoisotopic (exact) mass is 457 g/mol. The Morgan fingerprint density at radius 3 is 2.76 bits per heavy atom. The molecule has 1 aliphatic heterocycles. The van der Waals surface area contributed by atoms with Gasteiger partial charge in [-0.25, -0.2) is 9.18 Å².